The Hall–Kier alpha value is -2.77. The lowest BCUT2D eigenvalue weighted by atomic mass is 10.1. The highest BCUT2D eigenvalue weighted by molar-refractivity contribution is 5.93. The Labute approximate surface area is 127 Å². The molecule has 1 aromatic carbocycles. The van der Waals surface area contributed by atoms with E-state index in [9.17, 15) is 9.59 Å². The number of rotatable bonds is 6. The molecule has 0 fully saturated rings. The van der Waals surface area contributed by atoms with Crippen molar-refractivity contribution in [1.82, 2.24) is 25.5 Å². The van der Waals surface area contributed by atoms with Crippen molar-refractivity contribution in [3.05, 3.63) is 29.8 Å². The molecular weight excluding hydrogens is 284 g/mol. The number of primary amides is 1. The third-order valence-corrected chi connectivity index (χ3v) is 3.19. The Morgan fingerprint density at radius 3 is 2.59 bits per heavy atom. The van der Waals surface area contributed by atoms with Crippen LogP contribution in [0.2, 0.25) is 0 Å². The van der Waals surface area contributed by atoms with E-state index in [1.54, 1.807) is 24.3 Å². The van der Waals surface area contributed by atoms with Gasteiger partial charge in [-0.25, -0.2) is 0 Å². The molecule has 3 N–H and O–H groups in total. The number of nitrogens with zero attached hydrogens (tertiary/aromatic N) is 4. The number of amides is 2. The van der Waals surface area contributed by atoms with Gasteiger partial charge in [0.25, 0.3) is 0 Å². The van der Waals surface area contributed by atoms with Crippen molar-refractivity contribution in [2.24, 2.45) is 5.73 Å². The first-order chi connectivity index (χ1) is 10.5. The van der Waals surface area contributed by atoms with Gasteiger partial charge in [-0.05, 0) is 30.7 Å². The molecule has 1 aromatic heterocycles. The summed E-state index contributed by atoms with van der Waals surface area (Å²) in [6, 6.07) is 6.65. The summed E-state index contributed by atoms with van der Waals surface area (Å²) in [6.07, 6.45) is 0.855. The first-order valence-electron chi connectivity index (χ1n) is 6.97. The van der Waals surface area contributed by atoms with Crippen LogP contribution in [0.15, 0.2) is 24.3 Å². The third-order valence-electron chi connectivity index (χ3n) is 3.19. The Balaban J connectivity index is 2.04. The monoisotopic (exact) mass is 302 g/mol. The topological polar surface area (TPSA) is 116 Å². The lowest BCUT2D eigenvalue weighted by molar-refractivity contribution is -0.122. The van der Waals surface area contributed by atoms with Crippen LogP contribution in [0.3, 0.4) is 0 Å². The molecule has 2 aromatic rings. The number of nitrogens with two attached hydrogens (primary N) is 1. The fourth-order valence-corrected chi connectivity index (χ4v) is 1.76. The van der Waals surface area contributed by atoms with E-state index in [-0.39, 0.29) is 18.5 Å². The number of hydrogen-bond donors (Lipinski definition) is 2. The summed E-state index contributed by atoms with van der Waals surface area (Å²) in [5.74, 6) is -0.278. The van der Waals surface area contributed by atoms with Crippen molar-refractivity contribution >= 4 is 11.8 Å². The van der Waals surface area contributed by atoms with Crippen LogP contribution in [0.1, 0.15) is 30.6 Å². The summed E-state index contributed by atoms with van der Waals surface area (Å²) in [6.45, 7) is 3.93. The summed E-state index contributed by atoms with van der Waals surface area (Å²) in [7, 11) is 0. The Morgan fingerprint density at radius 1 is 1.32 bits per heavy atom. The highest BCUT2D eigenvalue weighted by Crippen LogP contribution is 2.14. The largest absolute Gasteiger partial charge is 0.366 e. The van der Waals surface area contributed by atoms with Gasteiger partial charge in [-0.15, -0.1) is 10.2 Å². The van der Waals surface area contributed by atoms with E-state index in [0.717, 1.165) is 6.42 Å². The Kier molecular flexibility index (Phi) is 4.82. The molecule has 0 aliphatic heterocycles. The van der Waals surface area contributed by atoms with E-state index in [0.29, 0.717) is 17.0 Å². The fourth-order valence-electron chi connectivity index (χ4n) is 1.76. The molecule has 1 heterocycles. The van der Waals surface area contributed by atoms with Crippen molar-refractivity contribution in [2.45, 2.75) is 32.9 Å². The SMILES string of the molecule is CC[C@H](C)NC(=O)Cn1nnc(-c2ccc(C(N)=O)cc2)n1. The van der Waals surface area contributed by atoms with Gasteiger partial charge in [0.2, 0.25) is 17.6 Å². The summed E-state index contributed by atoms with van der Waals surface area (Å²) in [5.41, 5.74) is 6.28. The average molecular weight is 302 g/mol. The zero-order chi connectivity index (χ0) is 16.1. The average Bonchev–Trinajstić information content (AvgIpc) is 2.95. The third kappa shape index (κ3) is 3.87. The molecule has 2 rings (SSSR count). The summed E-state index contributed by atoms with van der Waals surface area (Å²) < 4.78 is 0. The van der Waals surface area contributed by atoms with E-state index in [1.165, 1.54) is 4.80 Å². The van der Waals surface area contributed by atoms with Gasteiger partial charge in [-0.1, -0.05) is 19.1 Å². The lowest BCUT2D eigenvalue weighted by Gasteiger charge is -2.10. The molecule has 116 valence electrons. The molecule has 8 nitrogen and oxygen atoms in total. The number of hydrogen-bond acceptors (Lipinski definition) is 5. The molecule has 1 atom stereocenters. The van der Waals surface area contributed by atoms with Crippen LogP contribution in [0.4, 0.5) is 0 Å². The summed E-state index contributed by atoms with van der Waals surface area (Å²) in [5, 5.41) is 14.7. The smallest absolute Gasteiger partial charge is 0.248 e. The van der Waals surface area contributed by atoms with Gasteiger partial charge >= 0.3 is 0 Å². The molecule has 0 radical (unpaired) electrons. The van der Waals surface area contributed by atoms with Crippen LogP contribution in [-0.4, -0.2) is 38.1 Å². The summed E-state index contributed by atoms with van der Waals surface area (Å²) >= 11 is 0. The van der Waals surface area contributed by atoms with Crippen LogP contribution in [-0.2, 0) is 11.3 Å². The molecule has 2 amide bonds. The van der Waals surface area contributed by atoms with Gasteiger partial charge in [0, 0.05) is 17.2 Å². The maximum atomic E-state index is 11.8. The quantitative estimate of drug-likeness (QED) is 0.799. The molecule has 0 aliphatic rings. The zero-order valence-corrected chi connectivity index (χ0v) is 12.5. The van der Waals surface area contributed by atoms with Crippen LogP contribution < -0.4 is 11.1 Å². The number of carbonyl (C=O) groups excluding carboxylic acids is 2. The molecule has 0 bridgehead atoms. The fraction of sp³-hybridized carbons (Fsp3) is 0.357. The van der Waals surface area contributed by atoms with Gasteiger partial charge < -0.3 is 11.1 Å². The van der Waals surface area contributed by atoms with Crippen molar-refractivity contribution in [3.8, 4) is 11.4 Å². The van der Waals surface area contributed by atoms with Gasteiger partial charge in [0.15, 0.2) is 0 Å². The van der Waals surface area contributed by atoms with E-state index in [4.69, 9.17) is 5.73 Å². The molecule has 0 saturated heterocycles. The molecule has 22 heavy (non-hydrogen) atoms. The molecule has 0 saturated carbocycles. The van der Waals surface area contributed by atoms with Gasteiger partial charge in [0.1, 0.15) is 6.54 Å². The first-order valence-corrected chi connectivity index (χ1v) is 6.97. The minimum absolute atomic E-state index is 0.0106. The normalized spacial score (nSPS) is 11.9. The number of carbonyl (C=O) groups is 2. The molecule has 0 spiro atoms. The van der Waals surface area contributed by atoms with Crippen LogP contribution >= 0.6 is 0 Å². The van der Waals surface area contributed by atoms with E-state index < -0.39 is 5.91 Å². The standard InChI is InChI=1S/C14H18N6O2/c1-3-9(2)16-12(21)8-20-18-14(17-19-20)11-6-4-10(5-7-11)13(15)22/h4-7,9H,3,8H2,1-2H3,(H2,15,22)(H,16,21)/t9-/m0/s1. The molecule has 8 heteroatoms. The van der Waals surface area contributed by atoms with Crippen molar-refractivity contribution < 1.29 is 9.59 Å². The maximum absolute atomic E-state index is 11.8. The zero-order valence-electron chi connectivity index (χ0n) is 12.5. The van der Waals surface area contributed by atoms with Gasteiger partial charge in [-0.2, -0.15) is 4.80 Å². The second kappa shape index (κ2) is 6.79. The predicted octanol–water partition coefficient (Wildman–Crippen LogP) is 0.354. The molecular formula is C14H18N6O2. The minimum atomic E-state index is -0.495. The van der Waals surface area contributed by atoms with Crippen LogP contribution in [0.5, 0.6) is 0 Å². The summed E-state index contributed by atoms with van der Waals surface area (Å²) in [4.78, 5) is 24.0. The van der Waals surface area contributed by atoms with Gasteiger partial charge in [-0.3, -0.25) is 9.59 Å². The van der Waals surface area contributed by atoms with E-state index >= 15 is 0 Å². The number of nitrogens with one attached hydrogen (secondary N) is 1. The van der Waals surface area contributed by atoms with Gasteiger partial charge in [0.05, 0.1) is 0 Å². The Bertz CT molecular complexity index is 664. The minimum Gasteiger partial charge on any atom is -0.366 e. The first kappa shape index (κ1) is 15.6. The van der Waals surface area contributed by atoms with Crippen LogP contribution in [0, 0.1) is 0 Å². The maximum Gasteiger partial charge on any atom is 0.248 e. The van der Waals surface area contributed by atoms with Crippen molar-refractivity contribution in [3.63, 3.8) is 0 Å². The number of tetrazole rings is 1. The second-order valence-corrected chi connectivity index (χ2v) is 4.96. The molecule has 0 aliphatic carbocycles. The second-order valence-electron chi connectivity index (χ2n) is 4.96. The lowest BCUT2D eigenvalue weighted by Crippen LogP contribution is -2.35. The molecule has 0 unspecified atom stereocenters. The Morgan fingerprint density at radius 2 is 2.00 bits per heavy atom. The highest BCUT2D eigenvalue weighted by Gasteiger charge is 2.11. The predicted molar refractivity (Wildman–Crippen MR) is 79.7 cm³/mol. The van der Waals surface area contributed by atoms with E-state index in [1.807, 2.05) is 13.8 Å². The number of aromatic nitrogens is 4. The van der Waals surface area contributed by atoms with E-state index in [2.05, 4.69) is 20.7 Å². The highest BCUT2D eigenvalue weighted by atomic mass is 16.2. The van der Waals surface area contributed by atoms with Crippen molar-refractivity contribution in [1.29, 1.82) is 0 Å². The van der Waals surface area contributed by atoms with Crippen molar-refractivity contribution in [2.75, 3.05) is 0 Å². The van der Waals surface area contributed by atoms with Crippen LogP contribution in [0.25, 0.3) is 11.4 Å². The number of benzene rings is 1.